The van der Waals surface area contributed by atoms with Crippen LogP contribution in [-0.2, 0) is 14.3 Å². The predicted molar refractivity (Wildman–Crippen MR) is 78.1 cm³/mol. The zero-order valence-corrected chi connectivity index (χ0v) is 12.5. The third-order valence-electron chi connectivity index (χ3n) is 3.86. The Morgan fingerprint density at radius 1 is 1.45 bits per heavy atom. The molecule has 1 saturated heterocycles. The maximum absolute atomic E-state index is 11.5. The van der Waals surface area contributed by atoms with E-state index in [9.17, 15) is 4.79 Å². The maximum atomic E-state index is 11.5. The lowest BCUT2D eigenvalue weighted by Crippen LogP contribution is -2.29. The van der Waals surface area contributed by atoms with Crippen molar-refractivity contribution in [2.24, 2.45) is 5.92 Å². The molecule has 1 aliphatic heterocycles. The average Bonchev–Trinajstić information content (AvgIpc) is 2.65. The Labute approximate surface area is 120 Å². The Kier molecular flexibility index (Phi) is 5.01. The van der Waals surface area contributed by atoms with Crippen LogP contribution >= 0.6 is 0 Å². The van der Waals surface area contributed by atoms with Gasteiger partial charge in [0, 0.05) is 18.2 Å². The highest BCUT2D eigenvalue weighted by atomic mass is 16.5. The van der Waals surface area contributed by atoms with Crippen LogP contribution in [0.3, 0.4) is 0 Å². The van der Waals surface area contributed by atoms with Crippen LogP contribution < -0.4 is 0 Å². The Morgan fingerprint density at radius 3 is 2.90 bits per heavy atom. The lowest BCUT2D eigenvalue weighted by atomic mass is 10.1. The van der Waals surface area contributed by atoms with Gasteiger partial charge in [-0.1, -0.05) is 13.0 Å². The number of ether oxygens (including phenoxy) is 2. The summed E-state index contributed by atoms with van der Waals surface area (Å²) < 4.78 is 10.6. The monoisotopic (exact) mass is 277 g/mol. The van der Waals surface area contributed by atoms with Gasteiger partial charge in [-0.05, 0) is 44.0 Å². The molecule has 0 radical (unpaired) electrons. The number of carbonyl (C=O) groups excluding carboxylic acids is 1. The van der Waals surface area contributed by atoms with Crippen LogP contribution in [0.1, 0.15) is 19.8 Å². The van der Waals surface area contributed by atoms with Gasteiger partial charge >= 0.3 is 5.97 Å². The normalized spacial score (nSPS) is 26.8. The van der Waals surface area contributed by atoms with Crippen LogP contribution in [-0.4, -0.2) is 44.2 Å². The number of methoxy groups -OCH3 is 1. The third-order valence-corrected chi connectivity index (χ3v) is 3.86. The summed E-state index contributed by atoms with van der Waals surface area (Å²) >= 11 is 0. The number of likely N-dealkylation sites (tertiary alicyclic amines) is 1. The second-order valence-corrected chi connectivity index (χ2v) is 5.60. The maximum Gasteiger partial charge on any atom is 0.334 e. The first-order chi connectivity index (χ1) is 9.60. The number of likely N-dealkylation sites (N-methyl/N-ethyl adjacent to an activating group) is 1. The number of nitrogens with zero attached hydrogens (tertiary/aromatic N) is 1. The average molecular weight is 277 g/mol. The van der Waals surface area contributed by atoms with Gasteiger partial charge in [0.25, 0.3) is 0 Å². The van der Waals surface area contributed by atoms with Gasteiger partial charge in [-0.2, -0.15) is 0 Å². The van der Waals surface area contributed by atoms with Crippen LogP contribution in [0.2, 0.25) is 0 Å². The topological polar surface area (TPSA) is 38.8 Å². The molecule has 110 valence electrons. The van der Waals surface area contributed by atoms with Gasteiger partial charge in [-0.3, -0.25) is 4.90 Å². The van der Waals surface area contributed by atoms with E-state index in [1.54, 1.807) is 6.08 Å². The number of rotatable bonds is 4. The summed E-state index contributed by atoms with van der Waals surface area (Å²) in [5.41, 5.74) is 0.647. The van der Waals surface area contributed by atoms with E-state index in [-0.39, 0.29) is 5.97 Å². The standard InChI is InChI=1S/C16H23NO3/c1-12-9-14(17(2)10-12)11-20-15-6-4-5-13(7-8-15)16(18)19-3/h4,6-8,12,14H,5,9-11H2,1-3H3/t12-,14?/m0/s1. The van der Waals surface area contributed by atoms with Crippen LogP contribution in [0.4, 0.5) is 0 Å². The van der Waals surface area contributed by atoms with E-state index < -0.39 is 0 Å². The van der Waals surface area contributed by atoms with Gasteiger partial charge in [0.05, 0.1) is 7.11 Å². The molecule has 0 spiro atoms. The largest absolute Gasteiger partial charge is 0.492 e. The number of carbonyl (C=O) groups is 1. The molecule has 2 aliphatic rings. The minimum absolute atomic E-state index is 0.281. The molecule has 0 aromatic rings. The van der Waals surface area contributed by atoms with Crippen molar-refractivity contribution in [3.05, 3.63) is 35.6 Å². The summed E-state index contributed by atoms with van der Waals surface area (Å²) in [6, 6.07) is 0.478. The number of esters is 1. The Balaban J connectivity index is 1.91. The molecule has 20 heavy (non-hydrogen) atoms. The van der Waals surface area contributed by atoms with E-state index in [1.807, 2.05) is 18.2 Å². The first-order valence-corrected chi connectivity index (χ1v) is 7.09. The van der Waals surface area contributed by atoms with Gasteiger partial charge < -0.3 is 9.47 Å². The number of hydrogen-bond donors (Lipinski definition) is 0. The fourth-order valence-electron chi connectivity index (χ4n) is 2.73. The minimum Gasteiger partial charge on any atom is -0.492 e. The van der Waals surface area contributed by atoms with E-state index in [2.05, 4.69) is 18.9 Å². The van der Waals surface area contributed by atoms with Crippen LogP contribution in [0, 0.1) is 5.92 Å². The quantitative estimate of drug-likeness (QED) is 0.739. The molecule has 2 atom stereocenters. The molecule has 1 aliphatic carbocycles. The zero-order valence-electron chi connectivity index (χ0n) is 12.5. The molecule has 1 fully saturated rings. The molecular weight excluding hydrogens is 254 g/mol. The Bertz CT molecular complexity index is 451. The molecule has 0 saturated carbocycles. The Hall–Kier alpha value is -1.55. The molecule has 0 amide bonds. The van der Waals surface area contributed by atoms with Crippen molar-refractivity contribution >= 4 is 5.97 Å². The van der Waals surface area contributed by atoms with Crippen molar-refractivity contribution in [1.82, 2.24) is 4.90 Å². The highest BCUT2D eigenvalue weighted by Gasteiger charge is 2.26. The molecule has 0 bridgehead atoms. The summed E-state index contributed by atoms with van der Waals surface area (Å²) in [5.74, 6) is 1.26. The summed E-state index contributed by atoms with van der Waals surface area (Å²) in [6.07, 6.45) is 9.23. The number of allylic oxidation sites excluding steroid dienone is 4. The van der Waals surface area contributed by atoms with Crippen LogP contribution in [0.5, 0.6) is 0 Å². The summed E-state index contributed by atoms with van der Waals surface area (Å²) in [7, 11) is 3.54. The fraction of sp³-hybridized carbons (Fsp3) is 0.562. The minimum atomic E-state index is -0.281. The SMILES string of the molecule is COC(=O)C1=CC=C(OCC2C[C@H](C)CN2C)C=CC1. The van der Waals surface area contributed by atoms with Gasteiger partial charge in [0.2, 0.25) is 0 Å². The summed E-state index contributed by atoms with van der Waals surface area (Å²) in [4.78, 5) is 13.8. The Morgan fingerprint density at radius 2 is 2.25 bits per heavy atom. The predicted octanol–water partition coefficient (Wildman–Crippen LogP) is 2.29. The molecule has 1 unspecified atom stereocenters. The summed E-state index contributed by atoms with van der Waals surface area (Å²) in [6.45, 7) is 4.10. The molecule has 1 heterocycles. The van der Waals surface area contributed by atoms with E-state index in [1.165, 1.54) is 13.5 Å². The second kappa shape index (κ2) is 6.75. The van der Waals surface area contributed by atoms with Crippen LogP contribution in [0.25, 0.3) is 0 Å². The lowest BCUT2D eigenvalue weighted by Gasteiger charge is -2.19. The molecule has 4 heteroatoms. The first kappa shape index (κ1) is 14.9. The first-order valence-electron chi connectivity index (χ1n) is 7.09. The second-order valence-electron chi connectivity index (χ2n) is 5.60. The summed E-state index contributed by atoms with van der Waals surface area (Å²) in [5, 5.41) is 0. The molecule has 4 nitrogen and oxygen atoms in total. The lowest BCUT2D eigenvalue weighted by molar-refractivity contribution is -0.136. The van der Waals surface area contributed by atoms with E-state index in [4.69, 9.17) is 9.47 Å². The van der Waals surface area contributed by atoms with Crippen molar-refractivity contribution < 1.29 is 14.3 Å². The highest BCUT2D eigenvalue weighted by Crippen LogP contribution is 2.22. The van der Waals surface area contributed by atoms with E-state index in [0.717, 1.165) is 18.2 Å². The molecular formula is C16H23NO3. The molecule has 0 aromatic heterocycles. The van der Waals surface area contributed by atoms with Crippen molar-refractivity contribution in [1.29, 1.82) is 0 Å². The van der Waals surface area contributed by atoms with Crippen molar-refractivity contribution in [2.45, 2.75) is 25.8 Å². The highest BCUT2D eigenvalue weighted by molar-refractivity contribution is 5.89. The van der Waals surface area contributed by atoms with Crippen molar-refractivity contribution in [2.75, 3.05) is 27.3 Å². The number of hydrogen-bond acceptors (Lipinski definition) is 4. The van der Waals surface area contributed by atoms with Crippen LogP contribution in [0.15, 0.2) is 35.6 Å². The zero-order chi connectivity index (χ0) is 14.5. The van der Waals surface area contributed by atoms with Gasteiger partial charge in [0.15, 0.2) is 0 Å². The molecule has 0 aromatic carbocycles. The molecule has 0 N–H and O–H groups in total. The van der Waals surface area contributed by atoms with Crippen molar-refractivity contribution in [3.8, 4) is 0 Å². The van der Waals surface area contributed by atoms with E-state index in [0.29, 0.717) is 24.6 Å². The van der Waals surface area contributed by atoms with Gasteiger partial charge in [-0.15, -0.1) is 0 Å². The molecule has 2 rings (SSSR count). The van der Waals surface area contributed by atoms with E-state index >= 15 is 0 Å². The van der Waals surface area contributed by atoms with Gasteiger partial charge in [-0.25, -0.2) is 4.79 Å². The third kappa shape index (κ3) is 3.73. The fourth-order valence-corrected chi connectivity index (χ4v) is 2.73. The smallest absolute Gasteiger partial charge is 0.334 e. The van der Waals surface area contributed by atoms with Gasteiger partial charge in [0.1, 0.15) is 12.4 Å². The van der Waals surface area contributed by atoms with Crippen molar-refractivity contribution in [3.63, 3.8) is 0 Å².